The Morgan fingerprint density at radius 2 is 2.00 bits per heavy atom. The minimum Gasteiger partial charge on any atom is -0.466 e. The maximum absolute atomic E-state index is 12.9. The fourth-order valence-corrected chi connectivity index (χ4v) is 5.41. The van der Waals surface area contributed by atoms with Gasteiger partial charge in [-0.15, -0.1) is 11.3 Å². The number of nitrogen functional groups attached to an aromatic ring is 1. The lowest BCUT2D eigenvalue weighted by atomic mass is 9.79. The summed E-state index contributed by atoms with van der Waals surface area (Å²) in [4.78, 5) is 30.3. The molecular weight excluding hydrogens is 454 g/mol. The molecule has 0 amide bonds. The largest absolute Gasteiger partial charge is 0.466 e. The third-order valence-corrected chi connectivity index (χ3v) is 7.24. The van der Waals surface area contributed by atoms with Gasteiger partial charge in [0, 0.05) is 29.0 Å². The van der Waals surface area contributed by atoms with Gasteiger partial charge in [0.1, 0.15) is 16.2 Å². The Morgan fingerprint density at radius 1 is 1.29 bits per heavy atom. The molecule has 182 valence electrons. The van der Waals surface area contributed by atoms with Gasteiger partial charge in [0.15, 0.2) is 0 Å². The molecule has 0 spiro atoms. The van der Waals surface area contributed by atoms with Crippen LogP contribution in [0.5, 0.6) is 0 Å². The van der Waals surface area contributed by atoms with Crippen LogP contribution in [-0.4, -0.2) is 38.9 Å². The van der Waals surface area contributed by atoms with Crippen molar-refractivity contribution in [2.45, 2.75) is 64.6 Å². The van der Waals surface area contributed by atoms with Crippen LogP contribution in [0.25, 0.3) is 21.3 Å². The molecule has 2 aromatic heterocycles. The number of aliphatic hydroxyl groups is 1. The van der Waals surface area contributed by atoms with Crippen molar-refractivity contribution < 1.29 is 24.2 Å². The van der Waals surface area contributed by atoms with Crippen molar-refractivity contribution in [2.24, 2.45) is 5.92 Å². The molecule has 1 saturated carbocycles. The van der Waals surface area contributed by atoms with E-state index in [1.165, 1.54) is 15.9 Å². The van der Waals surface area contributed by atoms with Crippen molar-refractivity contribution in [3.05, 3.63) is 35.6 Å². The number of nitrogens with two attached hydrogens (primary N) is 1. The van der Waals surface area contributed by atoms with Gasteiger partial charge >= 0.3 is 12.1 Å². The van der Waals surface area contributed by atoms with Gasteiger partial charge in [-0.2, -0.15) is 0 Å². The first-order valence-corrected chi connectivity index (χ1v) is 12.3. The smallest absolute Gasteiger partial charge is 0.419 e. The summed E-state index contributed by atoms with van der Waals surface area (Å²) in [6.45, 7) is 7.62. The van der Waals surface area contributed by atoms with Crippen LogP contribution >= 0.6 is 11.3 Å². The number of benzene rings is 1. The van der Waals surface area contributed by atoms with Crippen LogP contribution in [-0.2, 0) is 19.9 Å². The van der Waals surface area contributed by atoms with E-state index in [1.54, 1.807) is 31.5 Å². The van der Waals surface area contributed by atoms with E-state index in [-0.39, 0.29) is 11.9 Å². The Morgan fingerprint density at radius 3 is 2.65 bits per heavy atom. The lowest BCUT2D eigenvalue weighted by Gasteiger charge is -2.33. The molecule has 2 heterocycles. The number of carbonyl (C=O) groups excluding carboxylic acids is 2. The van der Waals surface area contributed by atoms with Gasteiger partial charge in [0.05, 0.1) is 22.9 Å². The van der Waals surface area contributed by atoms with E-state index < -0.39 is 17.3 Å². The van der Waals surface area contributed by atoms with E-state index in [9.17, 15) is 14.7 Å². The van der Waals surface area contributed by atoms with Crippen molar-refractivity contribution >= 4 is 40.0 Å². The van der Waals surface area contributed by atoms with Gasteiger partial charge < -0.3 is 20.3 Å². The van der Waals surface area contributed by atoms with Gasteiger partial charge in [0.25, 0.3) is 0 Å². The van der Waals surface area contributed by atoms with Gasteiger partial charge in [-0.3, -0.25) is 9.36 Å². The topological polar surface area (TPSA) is 117 Å². The summed E-state index contributed by atoms with van der Waals surface area (Å²) in [6.07, 6.45) is 4.96. The second-order valence-electron chi connectivity index (χ2n) is 9.76. The molecule has 0 radical (unpaired) electrons. The molecule has 0 saturated heterocycles. The van der Waals surface area contributed by atoms with Crippen LogP contribution in [0, 0.1) is 5.92 Å². The zero-order valence-corrected chi connectivity index (χ0v) is 20.8. The maximum atomic E-state index is 12.9. The molecule has 4 rings (SSSR count). The quantitative estimate of drug-likeness (QED) is 0.391. The summed E-state index contributed by atoms with van der Waals surface area (Å²) in [5.74, 6) is -0.383. The van der Waals surface area contributed by atoms with Crippen molar-refractivity contribution in [2.75, 3.05) is 12.3 Å². The molecular formula is C25H31N3O5S. The molecule has 9 heteroatoms. The summed E-state index contributed by atoms with van der Waals surface area (Å²) in [7, 11) is 0. The van der Waals surface area contributed by atoms with Crippen LogP contribution in [0.15, 0.2) is 30.6 Å². The molecule has 3 N–H and O–H groups in total. The number of anilines is 1. The van der Waals surface area contributed by atoms with Crippen molar-refractivity contribution in [1.29, 1.82) is 0 Å². The summed E-state index contributed by atoms with van der Waals surface area (Å²) < 4.78 is 12.2. The predicted octanol–water partition coefficient (Wildman–Crippen LogP) is 5.07. The second-order valence-corrected chi connectivity index (χ2v) is 10.8. The Hall–Kier alpha value is -2.91. The summed E-state index contributed by atoms with van der Waals surface area (Å²) in [5.41, 5.74) is 6.38. The molecule has 8 nitrogen and oxygen atoms in total. The number of hydrogen-bond donors (Lipinski definition) is 2. The number of fused-ring (bicyclic) bond motifs is 1. The van der Waals surface area contributed by atoms with E-state index in [0.29, 0.717) is 48.5 Å². The van der Waals surface area contributed by atoms with Gasteiger partial charge in [-0.25, -0.2) is 9.78 Å². The number of rotatable bonds is 4. The van der Waals surface area contributed by atoms with E-state index in [2.05, 4.69) is 4.98 Å². The van der Waals surface area contributed by atoms with E-state index in [4.69, 9.17) is 15.2 Å². The third kappa shape index (κ3) is 4.81. The van der Waals surface area contributed by atoms with Gasteiger partial charge in [-0.05, 0) is 71.6 Å². The fraction of sp³-hybridized carbons (Fsp3) is 0.480. The number of thiazole rings is 1. The van der Waals surface area contributed by atoms with Crippen LogP contribution < -0.4 is 5.73 Å². The monoisotopic (exact) mass is 485 g/mol. The molecule has 1 aromatic carbocycles. The Balaban J connectivity index is 1.64. The second kappa shape index (κ2) is 9.03. The zero-order chi connectivity index (χ0) is 24.7. The number of esters is 1. The van der Waals surface area contributed by atoms with Crippen LogP contribution in [0.2, 0.25) is 0 Å². The Bertz CT molecular complexity index is 1220. The highest BCUT2D eigenvalue weighted by molar-refractivity contribution is 7.15. The fourth-order valence-electron chi connectivity index (χ4n) is 4.32. The number of nitrogens with zero attached hydrogens (tertiary/aromatic N) is 2. The lowest BCUT2D eigenvalue weighted by molar-refractivity contribution is -0.151. The molecule has 3 aromatic rings. The first-order chi connectivity index (χ1) is 16.0. The Kier molecular flexibility index (Phi) is 6.44. The molecule has 34 heavy (non-hydrogen) atoms. The SMILES string of the molecule is CCOC(=O)C1CCC(O)(c2ncc(-c3cn(C(=O)OC(C)(C)C)c4ccc(N)cc34)s2)CC1. The standard InChI is InChI=1S/C25H31N3O5S/c1-5-32-21(29)15-8-10-25(31,11-9-15)22-27-13-20(34-22)18-14-28(23(30)33-24(2,3)4)19-7-6-16(26)12-17(18)19/h6-7,12-15,31H,5,8-11,26H2,1-4H3. The average Bonchev–Trinajstić information content (AvgIpc) is 3.38. The summed E-state index contributed by atoms with van der Waals surface area (Å²) in [6, 6.07) is 5.37. The number of aromatic nitrogens is 2. The lowest BCUT2D eigenvalue weighted by Crippen LogP contribution is -2.34. The first kappa shape index (κ1) is 24.2. The first-order valence-electron chi connectivity index (χ1n) is 11.5. The number of hydrogen-bond acceptors (Lipinski definition) is 8. The van der Waals surface area contributed by atoms with E-state index in [0.717, 1.165) is 15.8 Å². The molecule has 0 aliphatic heterocycles. The minimum atomic E-state index is -1.09. The van der Waals surface area contributed by atoms with Gasteiger partial charge in [-0.1, -0.05) is 0 Å². The average molecular weight is 486 g/mol. The molecule has 0 unspecified atom stereocenters. The summed E-state index contributed by atoms with van der Waals surface area (Å²) >= 11 is 1.39. The highest BCUT2D eigenvalue weighted by Crippen LogP contribution is 2.44. The summed E-state index contributed by atoms with van der Waals surface area (Å²) in [5, 5.41) is 12.7. The molecule has 1 fully saturated rings. The molecule has 1 aliphatic carbocycles. The van der Waals surface area contributed by atoms with E-state index >= 15 is 0 Å². The predicted molar refractivity (Wildman–Crippen MR) is 132 cm³/mol. The van der Waals surface area contributed by atoms with Gasteiger partial charge in [0.2, 0.25) is 0 Å². The normalized spacial score (nSPS) is 20.9. The van der Waals surface area contributed by atoms with Crippen molar-refractivity contribution in [1.82, 2.24) is 9.55 Å². The molecule has 0 atom stereocenters. The Labute approximate surface area is 202 Å². The minimum absolute atomic E-state index is 0.186. The van der Waals surface area contributed by atoms with Crippen LogP contribution in [0.3, 0.4) is 0 Å². The third-order valence-electron chi connectivity index (χ3n) is 6.02. The highest BCUT2D eigenvalue weighted by atomic mass is 32.1. The van der Waals surface area contributed by atoms with E-state index in [1.807, 2.05) is 26.8 Å². The number of ether oxygens (including phenoxy) is 2. The van der Waals surface area contributed by atoms with Crippen molar-refractivity contribution in [3.63, 3.8) is 0 Å². The van der Waals surface area contributed by atoms with Crippen LogP contribution in [0.4, 0.5) is 10.5 Å². The highest BCUT2D eigenvalue weighted by Gasteiger charge is 2.40. The van der Waals surface area contributed by atoms with Crippen LogP contribution in [0.1, 0.15) is 58.4 Å². The number of carbonyl (C=O) groups is 2. The zero-order valence-electron chi connectivity index (χ0n) is 20.0. The maximum Gasteiger partial charge on any atom is 0.419 e. The molecule has 1 aliphatic rings. The molecule has 0 bridgehead atoms. The van der Waals surface area contributed by atoms with Crippen molar-refractivity contribution in [3.8, 4) is 10.4 Å².